The summed E-state index contributed by atoms with van der Waals surface area (Å²) < 4.78 is 18.0. The number of nitrogens with zero attached hydrogens (tertiary/aromatic N) is 1. The number of rotatable bonds is 6. The van der Waals surface area contributed by atoms with E-state index in [2.05, 4.69) is 11.9 Å². The fourth-order valence-corrected chi connectivity index (χ4v) is 2.99. The van der Waals surface area contributed by atoms with Crippen molar-refractivity contribution in [3.63, 3.8) is 0 Å². The van der Waals surface area contributed by atoms with Gasteiger partial charge in [-0.1, -0.05) is 32.6 Å². The number of hydrogen-bond acceptors (Lipinski definition) is 3. The Bertz CT molecular complexity index is 439. The summed E-state index contributed by atoms with van der Waals surface area (Å²) in [5, 5.41) is 0. The second kappa shape index (κ2) is 8.11. The summed E-state index contributed by atoms with van der Waals surface area (Å²) in [5.74, 6) is 0.315. The van der Waals surface area contributed by atoms with E-state index in [1.54, 1.807) is 0 Å². The molecule has 1 saturated carbocycles. The molecule has 0 atom stereocenters. The van der Waals surface area contributed by atoms with Gasteiger partial charge in [0.25, 0.3) is 0 Å². The molecule has 1 fully saturated rings. The van der Waals surface area contributed by atoms with Crippen LogP contribution in [-0.4, -0.2) is 11.0 Å². The molecular weight excluding hydrogens is 269 g/mol. The molecule has 21 heavy (non-hydrogen) atoms. The van der Waals surface area contributed by atoms with Crippen LogP contribution in [-0.2, 0) is 4.79 Å². The van der Waals surface area contributed by atoms with Gasteiger partial charge in [0.2, 0.25) is 5.95 Å². The highest BCUT2D eigenvalue weighted by molar-refractivity contribution is 5.75. The zero-order valence-corrected chi connectivity index (χ0v) is 12.7. The van der Waals surface area contributed by atoms with E-state index in [4.69, 9.17) is 4.74 Å². The summed E-state index contributed by atoms with van der Waals surface area (Å²) in [6.07, 6.45) is 10.5. The van der Waals surface area contributed by atoms with Crippen molar-refractivity contribution in [2.45, 2.75) is 58.3 Å². The van der Waals surface area contributed by atoms with Gasteiger partial charge in [-0.25, -0.2) is 4.98 Å². The standard InChI is InChI=1S/C17H24FNO2/c1-2-3-4-5-13-6-8-14(9-7-13)17(20)21-15-10-11-16(18)19-12-15/h10-14H,2-9H2,1H3. The third kappa shape index (κ3) is 5.10. The molecule has 0 radical (unpaired) electrons. The molecule has 3 nitrogen and oxygen atoms in total. The Balaban J connectivity index is 1.74. The highest BCUT2D eigenvalue weighted by Gasteiger charge is 2.27. The lowest BCUT2D eigenvalue weighted by molar-refractivity contribution is -0.140. The number of esters is 1. The van der Waals surface area contributed by atoms with Gasteiger partial charge in [0.05, 0.1) is 12.1 Å². The van der Waals surface area contributed by atoms with Crippen LogP contribution in [0.1, 0.15) is 58.3 Å². The largest absolute Gasteiger partial charge is 0.425 e. The number of pyridine rings is 1. The van der Waals surface area contributed by atoms with Gasteiger partial charge in [0, 0.05) is 0 Å². The molecule has 4 heteroatoms. The van der Waals surface area contributed by atoms with Gasteiger partial charge < -0.3 is 4.74 Å². The highest BCUT2D eigenvalue weighted by Crippen LogP contribution is 2.32. The summed E-state index contributed by atoms with van der Waals surface area (Å²) in [6, 6.07) is 2.64. The first-order chi connectivity index (χ1) is 10.2. The molecule has 116 valence electrons. The molecule has 0 spiro atoms. The molecule has 1 aromatic heterocycles. The first-order valence-corrected chi connectivity index (χ1v) is 8.02. The number of unbranched alkanes of at least 4 members (excludes halogenated alkanes) is 2. The van der Waals surface area contributed by atoms with Crippen LogP contribution in [0, 0.1) is 17.8 Å². The van der Waals surface area contributed by atoms with E-state index >= 15 is 0 Å². The number of ether oxygens (including phenoxy) is 1. The highest BCUT2D eigenvalue weighted by atomic mass is 19.1. The van der Waals surface area contributed by atoms with Gasteiger partial charge >= 0.3 is 5.97 Å². The molecule has 2 rings (SSSR count). The van der Waals surface area contributed by atoms with Crippen LogP contribution < -0.4 is 4.74 Å². The SMILES string of the molecule is CCCCCC1CCC(C(=O)Oc2ccc(F)nc2)CC1. The van der Waals surface area contributed by atoms with Crippen molar-refractivity contribution in [2.75, 3.05) is 0 Å². The van der Waals surface area contributed by atoms with Crippen LogP contribution in [0.15, 0.2) is 18.3 Å². The lowest BCUT2D eigenvalue weighted by Gasteiger charge is -2.27. The minimum Gasteiger partial charge on any atom is -0.425 e. The fourth-order valence-electron chi connectivity index (χ4n) is 2.99. The van der Waals surface area contributed by atoms with Crippen LogP contribution in [0.3, 0.4) is 0 Å². The van der Waals surface area contributed by atoms with Crippen molar-refractivity contribution < 1.29 is 13.9 Å². The third-order valence-electron chi connectivity index (χ3n) is 4.31. The smallest absolute Gasteiger partial charge is 0.314 e. The van der Waals surface area contributed by atoms with Crippen molar-refractivity contribution in [1.29, 1.82) is 0 Å². The van der Waals surface area contributed by atoms with E-state index in [1.165, 1.54) is 44.0 Å². The quantitative estimate of drug-likeness (QED) is 0.440. The first-order valence-electron chi connectivity index (χ1n) is 8.02. The number of hydrogen-bond donors (Lipinski definition) is 0. The van der Waals surface area contributed by atoms with Gasteiger partial charge in [-0.2, -0.15) is 4.39 Å². The Morgan fingerprint density at radius 2 is 2.05 bits per heavy atom. The fraction of sp³-hybridized carbons (Fsp3) is 0.647. The number of carbonyl (C=O) groups is 1. The van der Waals surface area contributed by atoms with Crippen LogP contribution >= 0.6 is 0 Å². The molecule has 0 bridgehead atoms. The maximum atomic E-state index is 12.7. The zero-order chi connectivity index (χ0) is 15.1. The lowest BCUT2D eigenvalue weighted by atomic mass is 9.80. The Morgan fingerprint density at radius 3 is 2.67 bits per heavy atom. The zero-order valence-electron chi connectivity index (χ0n) is 12.7. The maximum Gasteiger partial charge on any atom is 0.314 e. The molecule has 1 aromatic rings. The van der Waals surface area contributed by atoms with E-state index in [0.29, 0.717) is 5.75 Å². The minimum absolute atomic E-state index is 0.0162. The summed E-state index contributed by atoms with van der Waals surface area (Å²) in [7, 11) is 0. The van der Waals surface area contributed by atoms with Crippen molar-refractivity contribution in [2.24, 2.45) is 11.8 Å². The third-order valence-corrected chi connectivity index (χ3v) is 4.31. The van der Waals surface area contributed by atoms with E-state index in [1.807, 2.05) is 0 Å². The van der Waals surface area contributed by atoms with Crippen LogP contribution in [0.2, 0.25) is 0 Å². The predicted molar refractivity (Wildman–Crippen MR) is 79.4 cm³/mol. The van der Waals surface area contributed by atoms with Gasteiger partial charge in [0.1, 0.15) is 5.75 Å². The second-order valence-electron chi connectivity index (χ2n) is 5.95. The van der Waals surface area contributed by atoms with Crippen LogP contribution in [0.25, 0.3) is 0 Å². The molecule has 1 heterocycles. The molecule has 1 aliphatic rings. The molecular formula is C17H24FNO2. The maximum absolute atomic E-state index is 12.7. The molecule has 0 saturated heterocycles. The first kappa shape index (κ1) is 15.9. The lowest BCUT2D eigenvalue weighted by Crippen LogP contribution is -2.25. The summed E-state index contributed by atoms with van der Waals surface area (Å²) in [6.45, 7) is 2.22. The van der Waals surface area contributed by atoms with Crippen LogP contribution in [0.4, 0.5) is 4.39 Å². The van der Waals surface area contributed by atoms with Gasteiger partial charge in [-0.15, -0.1) is 0 Å². The van der Waals surface area contributed by atoms with E-state index in [9.17, 15) is 9.18 Å². The number of halogens is 1. The van der Waals surface area contributed by atoms with Gasteiger partial charge in [0.15, 0.2) is 0 Å². The average molecular weight is 293 g/mol. The van der Waals surface area contributed by atoms with Crippen molar-refractivity contribution in [1.82, 2.24) is 4.98 Å². The van der Waals surface area contributed by atoms with Crippen LogP contribution in [0.5, 0.6) is 5.75 Å². The Labute approximate surface area is 125 Å². The number of carbonyl (C=O) groups excluding carboxylic acids is 1. The molecule has 0 N–H and O–H groups in total. The van der Waals surface area contributed by atoms with Crippen molar-refractivity contribution in [3.8, 4) is 5.75 Å². The molecule has 0 amide bonds. The van der Waals surface area contributed by atoms with Crippen molar-refractivity contribution in [3.05, 3.63) is 24.3 Å². The molecule has 1 aliphatic carbocycles. The molecule has 0 unspecified atom stereocenters. The number of aromatic nitrogens is 1. The average Bonchev–Trinajstić information content (AvgIpc) is 2.50. The minimum atomic E-state index is -0.567. The summed E-state index contributed by atoms with van der Waals surface area (Å²) in [5.41, 5.74) is 0. The second-order valence-corrected chi connectivity index (χ2v) is 5.95. The van der Waals surface area contributed by atoms with Gasteiger partial charge in [-0.3, -0.25) is 4.79 Å². The predicted octanol–water partition coefficient (Wildman–Crippen LogP) is 4.51. The summed E-state index contributed by atoms with van der Waals surface area (Å²) >= 11 is 0. The van der Waals surface area contributed by atoms with E-state index in [-0.39, 0.29) is 11.9 Å². The normalized spacial score (nSPS) is 22.0. The Hall–Kier alpha value is -1.45. The van der Waals surface area contributed by atoms with Crippen molar-refractivity contribution >= 4 is 5.97 Å². The van der Waals surface area contributed by atoms with E-state index in [0.717, 1.165) is 31.6 Å². The Kier molecular flexibility index (Phi) is 6.15. The summed E-state index contributed by atoms with van der Waals surface area (Å²) in [4.78, 5) is 15.6. The van der Waals surface area contributed by atoms with Gasteiger partial charge in [-0.05, 0) is 43.7 Å². The van der Waals surface area contributed by atoms with E-state index < -0.39 is 5.95 Å². The molecule has 0 aromatic carbocycles. The topological polar surface area (TPSA) is 39.2 Å². The molecule has 0 aliphatic heterocycles. The monoisotopic (exact) mass is 293 g/mol. The Morgan fingerprint density at radius 1 is 1.29 bits per heavy atom.